The van der Waals surface area contributed by atoms with Crippen LogP contribution in [0.25, 0.3) is 0 Å². The SMILES string of the molecule is COc1ccccc1Oc1ccc(NC(=O)CCC(=O)OCC(=O)Nc2cccc(Cl)c2)cc1. The molecule has 0 unspecified atom stereocenters. The Hall–Kier alpha value is -4.04. The van der Waals surface area contributed by atoms with Crippen LogP contribution in [0.2, 0.25) is 5.02 Å². The maximum Gasteiger partial charge on any atom is 0.306 e. The van der Waals surface area contributed by atoms with Gasteiger partial charge in [-0.05, 0) is 54.6 Å². The van der Waals surface area contributed by atoms with Gasteiger partial charge in [0.05, 0.1) is 13.5 Å². The van der Waals surface area contributed by atoms with Crippen molar-refractivity contribution in [2.45, 2.75) is 12.8 Å². The lowest BCUT2D eigenvalue weighted by atomic mass is 10.2. The van der Waals surface area contributed by atoms with Gasteiger partial charge in [0.2, 0.25) is 5.91 Å². The van der Waals surface area contributed by atoms with Gasteiger partial charge in [-0.3, -0.25) is 14.4 Å². The van der Waals surface area contributed by atoms with Crippen LogP contribution in [-0.4, -0.2) is 31.5 Å². The Bertz CT molecular complexity index is 1150. The molecule has 0 atom stereocenters. The van der Waals surface area contributed by atoms with Gasteiger partial charge in [0, 0.05) is 22.8 Å². The molecule has 2 amide bonds. The van der Waals surface area contributed by atoms with Crippen molar-refractivity contribution in [3.63, 3.8) is 0 Å². The van der Waals surface area contributed by atoms with Crippen LogP contribution < -0.4 is 20.1 Å². The molecule has 0 heterocycles. The Labute approximate surface area is 201 Å². The highest BCUT2D eigenvalue weighted by Crippen LogP contribution is 2.31. The number of hydrogen-bond donors (Lipinski definition) is 2. The number of halogens is 1. The van der Waals surface area contributed by atoms with Gasteiger partial charge in [-0.15, -0.1) is 0 Å². The Morgan fingerprint density at radius 1 is 0.794 bits per heavy atom. The van der Waals surface area contributed by atoms with Crippen molar-refractivity contribution in [3.05, 3.63) is 77.8 Å². The Kier molecular flexibility index (Phi) is 8.88. The number of ether oxygens (including phenoxy) is 3. The van der Waals surface area contributed by atoms with Crippen LogP contribution in [0.1, 0.15) is 12.8 Å². The molecule has 176 valence electrons. The number of methoxy groups -OCH3 is 1. The molecule has 0 spiro atoms. The molecule has 0 aliphatic rings. The second kappa shape index (κ2) is 12.3. The number of benzene rings is 3. The summed E-state index contributed by atoms with van der Waals surface area (Å²) in [5.41, 5.74) is 1.04. The van der Waals surface area contributed by atoms with Crippen LogP contribution in [0.3, 0.4) is 0 Å². The normalized spacial score (nSPS) is 10.2. The van der Waals surface area contributed by atoms with Crippen LogP contribution >= 0.6 is 11.6 Å². The Morgan fingerprint density at radius 3 is 2.21 bits per heavy atom. The number of anilines is 2. The molecule has 3 aromatic rings. The van der Waals surface area contributed by atoms with E-state index in [2.05, 4.69) is 10.6 Å². The molecule has 34 heavy (non-hydrogen) atoms. The zero-order valence-electron chi connectivity index (χ0n) is 18.4. The molecule has 2 N–H and O–H groups in total. The smallest absolute Gasteiger partial charge is 0.306 e. The average Bonchev–Trinajstić information content (AvgIpc) is 2.83. The molecular formula is C25H23ClN2O6. The quantitative estimate of drug-likeness (QED) is 0.392. The predicted octanol–water partition coefficient (Wildman–Crippen LogP) is 5.04. The van der Waals surface area contributed by atoms with Crippen molar-refractivity contribution in [3.8, 4) is 17.2 Å². The van der Waals surface area contributed by atoms with E-state index >= 15 is 0 Å². The molecule has 3 aromatic carbocycles. The summed E-state index contributed by atoms with van der Waals surface area (Å²) in [6.45, 7) is -0.458. The minimum absolute atomic E-state index is 0.0891. The standard InChI is InChI=1S/C25H23ClN2O6/c1-32-21-7-2-3-8-22(21)34-20-11-9-18(10-12-20)27-23(29)13-14-25(31)33-16-24(30)28-19-6-4-5-17(26)15-19/h2-12,15H,13-14,16H2,1H3,(H,27,29)(H,28,30). The van der Waals surface area contributed by atoms with Crippen LogP contribution in [-0.2, 0) is 19.1 Å². The number of esters is 1. The van der Waals surface area contributed by atoms with Crippen LogP contribution in [0, 0.1) is 0 Å². The van der Waals surface area contributed by atoms with Crippen molar-refractivity contribution in [2.24, 2.45) is 0 Å². The van der Waals surface area contributed by atoms with Crippen LogP contribution in [0.5, 0.6) is 17.2 Å². The monoisotopic (exact) mass is 482 g/mol. The number of para-hydroxylation sites is 2. The van der Waals surface area contributed by atoms with E-state index in [4.69, 9.17) is 25.8 Å². The Morgan fingerprint density at radius 2 is 1.50 bits per heavy atom. The summed E-state index contributed by atoms with van der Waals surface area (Å²) in [5, 5.41) is 5.73. The molecule has 0 saturated carbocycles. The van der Waals surface area contributed by atoms with E-state index in [1.165, 1.54) is 0 Å². The number of carbonyl (C=O) groups excluding carboxylic acids is 3. The number of amides is 2. The topological polar surface area (TPSA) is 103 Å². The summed E-state index contributed by atoms with van der Waals surface area (Å²) in [5.74, 6) is 0.226. The van der Waals surface area contributed by atoms with Gasteiger partial charge in [-0.1, -0.05) is 29.8 Å². The molecular weight excluding hydrogens is 460 g/mol. The zero-order chi connectivity index (χ0) is 24.3. The van der Waals surface area contributed by atoms with Crippen LogP contribution in [0.4, 0.5) is 11.4 Å². The van der Waals surface area contributed by atoms with E-state index in [0.717, 1.165) is 0 Å². The largest absolute Gasteiger partial charge is 0.493 e. The minimum atomic E-state index is -0.656. The first-order valence-electron chi connectivity index (χ1n) is 10.3. The lowest BCUT2D eigenvalue weighted by molar-refractivity contribution is -0.147. The van der Waals surface area contributed by atoms with Crippen molar-refractivity contribution < 1.29 is 28.6 Å². The molecule has 0 aliphatic heterocycles. The average molecular weight is 483 g/mol. The highest BCUT2D eigenvalue weighted by Gasteiger charge is 2.11. The number of hydrogen-bond acceptors (Lipinski definition) is 6. The maximum atomic E-state index is 12.1. The van der Waals surface area contributed by atoms with E-state index < -0.39 is 18.5 Å². The molecule has 0 radical (unpaired) electrons. The molecule has 0 fully saturated rings. The van der Waals surface area contributed by atoms with Crippen molar-refractivity contribution in [2.75, 3.05) is 24.4 Å². The zero-order valence-corrected chi connectivity index (χ0v) is 19.1. The van der Waals surface area contributed by atoms with E-state index in [-0.39, 0.29) is 18.7 Å². The highest BCUT2D eigenvalue weighted by molar-refractivity contribution is 6.30. The first-order valence-corrected chi connectivity index (χ1v) is 10.7. The third kappa shape index (κ3) is 7.83. The summed E-state index contributed by atoms with van der Waals surface area (Å²) in [4.78, 5) is 35.8. The van der Waals surface area contributed by atoms with E-state index in [9.17, 15) is 14.4 Å². The van der Waals surface area contributed by atoms with Crippen LogP contribution in [0.15, 0.2) is 72.8 Å². The van der Waals surface area contributed by atoms with Gasteiger partial charge < -0.3 is 24.8 Å². The molecule has 8 nitrogen and oxygen atoms in total. The molecule has 0 aliphatic carbocycles. The van der Waals surface area contributed by atoms with E-state index in [0.29, 0.717) is 33.6 Å². The second-order valence-electron chi connectivity index (χ2n) is 7.04. The van der Waals surface area contributed by atoms with Crippen molar-refractivity contribution >= 4 is 40.8 Å². The van der Waals surface area contributed by atoms with Gasteiger partial charge in [-0.25, -0.2) is 0 Å². The van der Waals surface area contributed by atoms with Gasteiger partial charge >= 0.3 is 5.97 Å². The molecule has 0 saturated heterocycles. The van der Waals surface area contributed by atoms with E-state index in [1.54, 1.807) is 67.8 Å². The van der Waals surface area contributed by atoms with Crippen molar-refractivity contribution in [1.82, 2.24) is 0 Å². The fraction of sp³-hybridized carbons (Fsp3) is 0.160. The van der Waals surface area contributed by atoms with Gasteiger partial charge in [0.1, 0.15) is 5.75 Å². The third-order valence-corrected chi connectivity index (χ3v) is 4.70. The minimum Gasteiger partial charge on any atom is -0.493 e. The van der Waals surface area contributed by atoms with Gasteiger partial charge in [-0.2, -0.15) is 0 Å². The van der Waals surface area contributed by atoms with Crippen molar-refractivity contribution in [1.29, 1.82) is 0 Å². The van der Waals surface area contributed by atoms with Gasteiger partial charge in [0.25, 0.3) is 5.91 Å². The summed E-state index contributed by atoms with van der Waals surface area (Å²) in [7, 11) is 1.56. The second-order valence-corrected chi connectivity index (χ2v) is 7.48. The lowest BCUT2D eigenvalue weighted by Gasteiger charge is -2.11. The highest BCUT2D eigenvalue weighted by atomic mass is 35.5. The molecule has 0 bridgehead atoms. The lowest BCUT2D eigenvalue weighted by Crippen LogP contribution is -2.21. The molecule has 0 aromatic heterocycles. The fourth-order valence-corrected chi connectivity index (χ4v) is 3.05. The summed E-state index contributed by atoms with van der Waals surface area (Å²) >= 11 is 5.85. The van der Waals surface area contributed by atoms with Gasteiger partial charge in [0.15, 0.2) is 18.1 Å². The first-order chi connectivity index (χ1) is 16.4. The summed E-state index contributed by atoms with van der Waals surface area (Å²) in [6, 6.07) is 20.6. The summed E-state index contributed by atoms with van der Waals surface area (Å²) in [6.07, 6.45) is -0.251. The third-order valence-electron chi connectivity index (χ3n) is 4.46. The van der Waals surface area contributed by atoms with E-state index in [1.807, 2.05) is 12.1 Å². The molecule has 3 rings (SSSR count). The first kappa shape index (κ1) is 24.6. The summed E-state index contributed by atoms with van der Waals surface area (Å²) < 4.78 is 16.0. The predicted molar refractivity (Wildman–Crippen MR) is 128 cm³/mol. The number of carbonyl (C=O) groups is 3. The number of nitrogens with one attached hydrogen (secondary N) is 2. The number of rotatable bonds is 10. The molecule has 9 heteroatoms. The fourth-order valence-electron chi connectivity index (χ4n) is 2.86. The Balaban J connectivity index is 1.38. The maximum absolute atomic E-state index is 12.1.